The molecule has 0 saturated heterocycles. The third kappa shape index (κ3) is 47.8. The Morgan fingerprint density at radius 3 is 1.50 bits per heavy atom. The van der Waals surface area contributed by atoms with E-state index in [1.165, 1.54) is 0 Å². The minimum absolute atomic E-state index is 0. The molecule has 2 N–H and O–H groups in total. The molecule has 0 aliphatic carbocycles. The largest absolute Gasteiger partial charge is 1.00 e. The Bertz CT molecular complexity index is 72.6. The van der Waals surface area contributed by atoms with Crippen LogP contribution in [0, 0.1) is 0 Å². The van der Waals surface area contributed by atoms with Gasteiger partial charge in [0.25, 0.3) is 0 Å². The van der Waals surface area contributed by atoms with Crippen molar-refractivity contribution < 1.29 is 160 Å². The molecule has 0 bridgehead atoms. The summed E-state index contributed by atoms with van der Waals surface area (Å²) >= 11 is 0. The molecule has 0 unspecified atom stereocenters. The van der Waals surface area contributed by atoms with E-state index in [0.29, 0.717) is 0 Å². The first-order valence-electron chi connectivity index (χ1n) is 0.752. The van der Waals surface area contributed by atoms with Gasteiger partial charge in [0.15, 0.2) is 0 Å². The van der Waals surface area contributed by atoms with E-state index in [-0.39, 0.29) is 142 Å². The summed E-state index contributed by atoms with van der Waals surface area (Å²) in [7, 11) is -5.14. The molecule has 0 fully saturated rings. The van der Waals surface area contributed by atoms with Crippen molar-refractivity contribution in [3.8, 4) is 0 Å². The van der Waals surface area contributed by atoms with Crippen molar-refractivity contribution in [1.29, 1.82) is 0 Å². The van der Waals surface area contributed by atoms with Gasteiger partial charge in [-0.1, -0.05) is 0 Å². The van der Waals surface area contributed by atoms with E-state index in [9.17, 15) is 4.20 Å². The van der Waals surface area contributed by atoms with Gasteiger partial charge in [-0.05, 0) is 0 Å². The van der Waals surface area contributed by atoms with Gasteiger partial charge in [-0.2, -0.15) is 0 Å². The summed E-state index contributed by atoms with van der Waals surface area (Å²) in [6.07, 6.45) is 0. The molecule has 0 aliphatic heterocycles. The summed E-state index contributed by atoms with van der Waals surface area (Å²) in [4.78, 5) is 13.9. The fraction of sp³-hybridized carbons (Fsp3) is 0. The van der Waals surface area contributed by atoms with Gasteiger partial charge in [-0.25, -0.2) is 4.57 Å². The molecule has 0 heterocycles. The van der Waals surface area contributed by atoms with Crippen LogP contribution in [0.3, 0.4) is 0 Å². The standard InChI is InChI=1S/Cs.FH2O3P.K.V.2H/c;1-5(2,3)4;;;;/h;(H2,2,3,4);;;;/q+1;;+1;;2*-1. The monoisotopic (exact) mass is 325 g/mol. The number of rotatable bonds is 0. The van der Waals surface area contributed by atoms with E-state index in [0.717, 1.165) is 0 Å². The first-order valence-corrected chi connectivity index (χ1v) is 2.25. The Morgan fingerprint density at radius 1 is 1.50 bits per heavy atom. The molecular formula is H4CsFKO3PV. The van der Waals surface area contributed by atoms with E-state index < -0.39 is 7.91 Å². The smallest absolute Gasteiger partial charge is 1.00 e. The molecule has 8 heteroatoms. The van der Waals surface area contributed by atoms with E-state index in [1.807, 2.05) is 0 Å². The van der Waals surface area contributed by atoms with Crippen LogP contribution in [0.2, 0.25) is 0 Å². The van der Waals surface area contributed by atoms with Crippen LogP contribution in [0.5, 0.6) is 0 Å². The van der Waals surface area contributed by atoms with Crippen molar-refractivity contribution in [1.82, 2.24) is 0 Å². The molecule has 0 amide bonds. The van der Waals surface area contributed by atoms with Crippen molar-refractivity contribution in [2.75, 3.05) is 0 Å². The van der Waals surface area contributed by atoms with Gasteiger partial charge in [0, 0.05) is 18.6 Å². The maximum Gasteiger partial charge on any atom is 1.00 e. The normalized spacial score (nSPS) is 7.38. The van der Waals surface area contributed by atoms with Crippen LogP contribution < -0.4 is 120 Å². The molecule has 0 aromatic carbocycles. The van der Waals surface area contributed by atoms with Gasteiger partial charge in [-0.15, -0.1) is 4.20 Å². The van der Waals surface area contributed by atoms with Crippen LogP contribution in [0.1, 0.15) is 2.85 Å². The van der Waals surface area contributed by atoms with E-state index in [2.05, 4.69) is 0 Å². The Balaban J connectivity index is -0.00000000800. The van der Waals surface area contributed by atoms with Crippen molar-refractivity contribution in [3.05, 3.63) is 0 Å². The Morgan fingerprint density at radius 2 is 1.50 bits per heavy atom. The molecule has 0 aromatic heterocycles. The average molecular weight is 325 g/mol. The van der Waals surface area contributed by atoms with E-state index >= 15 is 0 Å². The average Bonchev–Trinajstić information content (AvgIpc) is 0.722. The van der Waals surface area contributed by atoms with Crippen LogP contribution >= 0.6 is 7.91 Å². The minimum atomic E-state index is -5.14. The third-order valence-electron chi connectivity index (χ3n) is 0. The molecule has 0 atom stereocenters. The predicted octanol–water partition coefficient (Wildman–Crippen LogP) is -5.72. The Labute approximate surface area is 163 Å². The first kappa shape index (κ1) is 22.8. The van der Waals surface area contributed by atoms with E-state index in [1.54, 1.807) is 0 Å². The quantitative estimate of drug-likeness (QED) is 0.345. The molecule has 0 aliphatic rings. The maximum atomic E-state index is 10.4. The second-order valence-electron chi connectivity index (χ2n) is 0.473. The summed E-state index contributed by atoms with van der Waals surface area (Å²) in [6.45, 7) is 0. The molecule has 0 saturated carbocycles. The second-order valence-corrected chi connectivity index (χ2v) is 1.42. The first-order chi connectivity index (χ1) is 2.00. The fourth-order valence-electron chi connectivity index (χ4n) is 0. The SMILES string of the molecule is O=P(O)(O)F.[Cs+].[H-].[H-].[K+].[V]. The minimum Gasteiger partial charge on any atom is -1.00 e. The van der Waals surface area contributed by atoms with Crippen LogP contribution in [-0.2, 0) is 23.1 Å². The topological polar surface area (TPSA) is 57.5 Å². The summed E-state index contributed by atoms with van der Waals surface area (Å²) in [6, 6.07) is 0. The molecular weight excluding hydrogens is 321 g/mol. The third-order valence-corrected chi connectivity index (χ3v) is 0. The number of hydrogen-bond acceptors (Lipinski definition) is 1. The van der Waals surface area contributed by atoms with Gasteiger partial charge in [0.05, 0.1) is 0 Å². The molecule has 0 aromatic rings. The zero-order chi connectivity index (χ0) is 4.50. The zero-order valence-electron chi connectivity index (χ0n) is 6.58. The van der Waals surface area contributed by atoms with Crippen molar-refractivity contribution in [2.45, 2.75) is 0 Å². The maximum absolute atomic E-state index is 10.4. The molecule has 8 heavy (non-hydrogen) atoms. The van der Waals surface area contributed by atoms with Crippen molar-refractivity contribution in [3.63, 3.8) is 0 Å². The van der Waals surface area contributed by atoms with Crippen molar-refractivity contribution >= 4 is 7.91 Å². The molecule has 1 radical (unpaired) electrons. The number of halogens is 1. The summed E-state index contributed by atoms with van der Waals surface area (Å²) in [5.41, 5.74) is 0. The molecule has 0 rings (SSSR count). The van der Waals surface area contributed by atoms with Gasteiger partial charge >= 0.3 is 128 Å². The van der Waals surface area contributed by atoms with Gasteiger partial charge in [0.2, 0.25) is 0 Å². The summed E-state index contributed by atoms with van der Waals surface area (Å²) < 4.78 is 19.0. The van der Waals surface area contributed by atoms with Gasteiger partial charge in [-0.3, -0.25) is 9.79 Å². The summed E-state index contributed by atoms with van der Waals surface area (Å²) in [5.74, 6) is 0. The van der Waals surface area contributed by atoms with Gasteiger partial charge < -0.3 is 2.85 Å². The fourth-order valence-corrected chi connectivity index (χ4v) is 0. The van der Waals surface area contributed by atoms with Gasteiger partial charge in [0.1, 0.15) is 0 Å². The molecule has 0 spiro atoms. The molecule has 3 nitrogen and oxygen atoms in total. The van der Waals surface area contributed by atoms with Crippen LogP contribution in [0.15, 0.2) is 0 Å². The van der Waals surface area contributed by atoms with E-state index in [4.69, 9.17) is 14.4 Å². The van der Waals surface area contributed by atoms with Crippen LogP contribution in [0.4, 0.5) is 4.20 Å². The van der Waals surface area contributed by atoms with Crippen LogP contribution in [-0.4, -0.2) is 9.79 Å². The molecule has 41 valence electrons. The summed E-state index contributed by atoms with van der Waals surface area (Å²) in [5, 5.41) is 0. The van der Waals surface area contributed by atoms with Crippen molar-refractivity contribution in [2.24, 2.45) is 0 Å². The Hall–Kier alpha value is 4.35. The zero-order valence-corrected chi connectivity index (χ0v) is 16.3. The number of hydrogen-bond donors (Lipinski definition) is 2. The second kappa shape index (κ2) is 11.4. The Kier molecular flexibility index (Phi) is 32.4. The van der Waals surface area contributed by atoms with Crippen LogP contribution in [0.25, 0.3) is 0 Å². The predicted molar refractivity (Wildman–Crippen MR) is 15.4 cm³/mol.